The summed E-state index contributed by atoms with van der Waals surface area (Å²) in [5.74, 6) is -0.255. The number of hydrogen-bond donors (Lipinski definition) is 1. The highest BCUT2D eigenvalue weighted by Gasteiger charge is 2.28. The summed E-state index contributed by atoms with van der Waals surface area (Å²) < 4.78 is 24.1. The molecular weight excluding hydrogens is 239 g/mol. The third kappa shape index (κ3) is 4.61. The predicted molar refractivity (Wildman–Crippen MR) is 68.2 cm³/mol. The third-order valence-electron chi connectivity index (χ3n) is 2.82. The van der Waals surface area contributed by atoms with Gasteiger partial charge in [0.25, 0.3) is 0 Å². The maximum atomic E-state index is 13.2. The third-order valence-corrected chi connectivity index (χ3v) is 4.12. The number of halogens is 1. The summed E-state index contributed by atoms with van der Waals surface area (Å²) in [6.07, 6.45) is 4.67. The van der Waals surface area contributed by atoms with Crippen LogP contribution in [0.2, 0.25) is 0 Å². The number of unbranched alkanes of at least 4 members (excludes halogenated alkanes) is 1. The van der Waals surface area contributed by atoms with Crippen LogP contribution >= 0.6 is 0 Å². The smallest absolute Gasteiger partial charge is 0.144 e. The SMILES string of the molecule is CC(C)(CCCCc1ncccc1F)[S+](N)[O-]. The highest BCUT2D eigenvalue weighted by Crippen LogP contribution is 2.21. The molecule has 0 bridgehead atoms. The van der Waals surface area contributed by atoms with E-state index in [9.17, 15) is 8.94 Å². The topological polar surface area (TPSA) is 62.0 Å². The van der Waals surface area contributed by atoms with E-state index in [1.54, 1.807) is 12.3 Å². The molecule has 1 unspecified atom stereocenters. The maximum absolute atomic E-state index is 13.2. The van der Waals surface area contributed by atoms with Gasteiger partial charge < -0.3 is 4.55 Å². The summed E-state index contributed by atoms with van der Waals surface area (Å²) in [5.41, 5.74) is 0.499. The molecule has 0 aliphatic carbocycles. The summed E-state index contributed by atoms with van der Waals surface area (Å²) in [6.45, 7) is 3.76. The molecule has 0 saturated heterocycles. The quantitative estimate of drug-likeness (QED) is 0.629. The largest absolute Gasteiger partial charge is 0.598 e. The molecule has 1 aromatic rings. The second kappa shape index (κ2) is 6.33. The molecule has 0 radical (unpaired) electrons. The van der Waals surface area contributed by atoms with Gasteiger partial charge in [-0.25, -0.2) is 4.39 Å². The molecule has 0 aliphatic heterocycles. The van der Waals surface area contributed by atoms with Crippen molar-refractivity contribution in [1.29, 1.82) is 0 Å². The van der Waals surface area contributed by atoms with E-state index < -0.39 is 11.4 Å². The second-order valence-electron chi connectivity index (χ2n) is 4.70. The lowest BCUT2D eigenvalue weighted by Gasteiger charge is -2.23. The van der Waals surface area contributed by atoms with Crippen LogP contribution in [0.15, 0.2) is 18.3 Å². The molecule has 0 amide bonds. The Morgan fingerprint density at radius 1 is 1.47 bits per heavy atom. The highest BCUT2D eigenvalue weighted by atomic mass is 32.2. The van der Waals surface area contributed by atoms with Crippen LogP contribution in [0.5, 0.6) is 0 Å². The van der Waals surface area contributed by atoms with E-state index in [4.69, 9.17) is 5.14 Å². The summed E-state index contributed by atoms with van der Waals surface area (Å²) in [7, 11) is 0. The molecule has 0 aromatic carbocycles. The van der Waals surface area contributed by atoms with Crippen LogP contribution in [0.4, 0.5) is 4.39 Å². The minimum Gasteiger partial charge on any atom is -0.598 e. The van der Waals surface area contributed by atoms with E-state index in [0.717, 1.165) is 19.3 Å². The van der Waals surface area contributed by atoms with Gasteiger partial charge in [0.2, 0.25) is 0 Å². The Kier molecular flexibility index (Phi) is 5.36. The van der Waals surface area contributed by atoms with Gasteiger partial charge in [-0.3, -0.25) is 4.98 Å². The number of rotatable bonds is 6. The fourth-order valence-corrected chi connectivity index (χ4v) is 1.89. The normalized spacial score (nSPS) is 13.7. The molecule has 2 N–H and O–H groups in total. The molecule has 17 heavy (non-hydrogen) atoms. The number of nitrogens with two attached hydrogens (primary N) is 1. The summed E-state index contributed by atoms with van der Waals surface area (Å²) >= 11 is -1.32. The second-order valence-corrected chi connectivity index (χ2v) is 6.40. The van der Waals surface area contributed by atoms with Crippen molar-refractivity contribution in [3.8, 4) is 0 Å². The van der Waals surface area contributed by atoms with E-state index in [2.05, 4.69) is 4.98 Å². The average Bonchev–Trinajstić information content (AvgIpc) is 2.26. The Balaban J connectivity index is 2.32. The molecule has 1 heterocycles. The van der Waals surface area contributed by atoms with Crippen molar-refractivity contribution in [2.75, 3.05) is 0 Å². The van der Waals surface area contributed by atoms with Crippen LogP contribution < -0.4 is 5.14 Å². The maximum Gasteiger partial charge on any atom is 0.144 e. The standard InChI is InChI=1S/C12H19FN2OS/c1-12(2,17(14)16)8-4-3-7-11-10(13)6-5-9-15-11/h5-6,9H,3-4,7-8,14H2,1-2H3. The first-order chi connectivity index (χ1) is 7.93. The van der Waals surface area contributed by atoms with Gasteiger partial charge in [-0.05, 0) is 51.7 Å². The fraction of sp³-hybridized carbons (Fsp3) is 0.583. The molecule has 96 valence electrons. The van der Waals surface area contributed by atoms with Gasteiger partial charge in [0.05, 0.1) is 5.69 Å². The zero-order chi connectivity index (χ0) is 12.9. The summed E-state index contributed by atoms with van der Waals surface area (Å²) in [5, 5.41) is 5.39. The lowest BCUT2D eigenvalue weighted by Crippen LogP contribution is -2.37. The van der Waals surface area contributed by atoms with Crippen LogP contribution in [0.25, 0.3) is 0 Å². The molecule has 0 fully saturated rings. The molecular formula is C12H19FN2OS. The molecule has 5 heteroatoms. The van der Waals surface area contributed by atoms with Crippen LogP contribution in [-0.4, -0.2) is 14.3 Å². The Labute approximate surface area is 105 Å². The monoisotopic (exact) mass is 258 g/mol. The van der Waals surface area contributed by atoms with Crippen LogP contribution in [0.1, 0.15) is 38.8 Å². The van der Waals surface area contributed by atoms with Gasteiger partial charge in [-0.15, -0.1) is 0 Å². The first-order valence-corrected chi connectivity index (χ1v) is 6.90. The molecule has 1 rings (SSSR count). The fourth-order valence-electron chi connectivity index (χ4n) is 1.55. The summed E-state index contributed by atoms with van der Waals surface area (Å²) in [6, 6.07) is 3.00. The van der Waals surface area contributed by atoms with Crippen molar-refractivity contribution in [3.05, 3.63) is 29.8 Å². The molecule has 1 atom stereocenters. The van der Waals surface area contributed by atoms with Crippen LogP contribution in [0, 0.1) is 5.82 Å². The van der Waals surface area contributed by atoms with E-state index >= 15 is 0 Å². The zero-order valence-electron chi connectivity index (χ0n) is 10.3. The van der Waals surface area contributed by atoms with Gasteiger partial charge in [0.1, 0.15) is 10.6 Å². The minimum absolute atomic E-state index is 0.255. The molecule has 1 aromatic heterocycles. The van der Waals surface area contributed by atoms with Gasteiger partial charge in [-0.1, -0.05) is 0 Å². The molecule has 0 saturated carbocycles. The van der Waals surface area contributed by atoms with E-state index in [0.29, 0.717) is 12.1 Å². The molecule has 0 spiro atoms. The Hall–Kier alpha value is -0.650. The number of pyridine rings is 1. The summed E-state index contributed by atoms with van der Waals surface area (Å²) in [4.78, 5) is 3.99. The van der Waals surface area contributed by atoms with Gasteiger partial charge >= 0.3 is 0 Å². The Morgan fingerprint density at radius 2 is 2.18 bits per heavy atom. The van der Waals surface area contributed by atoms with E-state index in [1.807, 2.05) is 13.8 Å². The minimum atomic E-state index is -1.32. The van der Waals surface area contributed by atoms with E-state index in [1.165, 1.54) is 6.07 Å². The van der Waals surface area contributed by atoms with Gasteiger partial charge in [0, 0.05) is 17.6 Å². The average molecular weight is 258 g/mol. The molecule has 3 nitrogen and oxygen atoms in total. The van der Waals surface area contributed by atoms with Crippen molar-refractivity contribution >= 4 is 11.4 Å². The van der Waals surface area contributed by atoms with Gasteiger partial charge in [-0.2, -0.15) is 5.14 Å². The van der Waals surface area contributed by atoms with Crippen molar-refractivity contribution in [2.45, 2.75) is 44.3 Å². The van der Waals surface area contributed by atoms with Crippen molar-refractivity contribution < 1.29 is 8.94 Å². The van der Waals surface area contributed by atoms with Crippen molar-refractivity contribution in [3.63, 3.8) is 0 Å². The number of aryl methyl sites for hydroxylation is 1. The Bertz CT molecular complexity index is 358. The lowest BCUT2D eigenvalue weighted by molar-refractivity contribution is 0.505. The van der Waals surface area contributed by atoms with Crippen LogP contribution in [0.3, 0.4) is 0 Å². The van der Waals surface area contributed by atoms with E-state index in [-0.39, 0.29) is 10.6 Å². The number of aromatic nitrogens is 1. The predicted octanol–water partition coefficient (Wildman–Crippen LogP) is 2.33. The highest BCUT2D eigenvalue weighted by molar-refractivity contribution is 7.90. The number of hydrogen-bond acceptors (Lipinski definition) is 3. The van der Waals surface area contributed by atoms with Crippen molar-refractivity contribution in [2.24, 2.45) is 5.14 Å². The Morgan fingerprint density at radius 3 is 2.76 bits per heavy atom. The van der Waals surface area contributed by atoms with Gasteiger partial charge in [0.15, 0.2) is 0 Å². The molecule has 0 aliphatic rings. The number of nitrogens with zero attached hydrogens (tertiary/aromatic N) is 1. The zero-order valence-corrected chi connectivity index (χ0v) is 11.1. The first-order valence-electron chi connectivity index (χ1n) is 5.69. The van der Waals surface area contributed by atoms with Crippen molar-refractivity contribution in [1.82, 2.24) is 4.98 Å². The lowest BCUT2D eigenvalue weighted by atomic mass is 10.0. The first kappa shape index (κ1) is 14.4. The van der Waals surface area contributed by atoms with Crippen LogP contribution in [-0.2, 0) is 17.8 Å².